The molecule has 3 aliphatic rings. The fourth-order valence-corrected chi connectivity index (χ4v) is 7.46. The second kappa shape index (κ2) is 9.36. The van der Waals surface area contributed by atoms with Crippen LogP contribution in [0, 0.1) is 17.2 Å². The highest BCUT2D eigenvalue weighted by atomic mass is 32.2. The first-order valence-electron chi connectivity index (χ1n) is 11.5. The van der Waals surface area contributed by atoms with Crippen LogP contribution in [0.15, 0.2) is 23.1 Å². The van der Waals surface area contributed by atoms with Crippen LogP contribution < -0.4 is 5.32 Å². The average Bonchev–Trinajstić information content (AvgIpc) is 3.37. The molecule has 0 saturated heterocycles. The van der Waals surface area contributed by atoms with E-state index >= 15 is 0 Å². The number of rotatable bonds is 5. The van der Waals surface area contributed by atoms with E-state index in [4.69, 9.17) is 0 Å². The molecule has 1 N–H and O–H groups in total. The van der Waals surface area contributed by atoms with Gasteiger partial charge in [0, 0.05) is 40.7 Å². The summed E-state index contributed by atoms with van der Waals surface area (Å²) in [6.45, 7) is 3.07. The van der Waals surface area contributed by atoms with Gasteiger partial charge in [0.1, 0.15) is 11.1 Å². The number of carbonyl (C=O) groups excluding carboxylic acids is 1. The van der Waals surface area contributed by atoms with Crippen LogP contribution >= 0.6 is 23.1 Å². The number of fused-ring (bicyclic) bond motifs is 2. The van der Waals surface area contributed by atoms with Crippen molar-refractivity contribution in [3.05, 3.63) is 45.3 Å². The van der Waals surface area contributed by atoms with E-state index in [1.165, 1.54) is 47.4 Å². The predicted molar refractivity (Wildman–Crippen MR) is 128 cm³/mol. The molecule has 0 bridgehead atoms. The van der Waals surface area contributed by atoms with Crippen LogP contribution in [-0.2, 0) is 30.6 Å². The lowest BCUT2D eigenvalue weighted by Crippen LogP contribution is -2.34. The number of benzene rings is 1. The summed E-state index contributed by atoms with van der Waals surface area (Å²) >= 11 is 3.50. The number of hydrogen-bond donors (Lipinski definition) is 1. The van der Waals surface area contributed by atoms with Gasteiger partial charge in [-0.3, -0.25) is 9.69 Å². The van der Waals surface area contributed by atoms with E-state index in [1.807, 2.05) is 11.8 Å². The molecule has 1 aliphatic carbocycles. The number of carbonyl (C=O) groups is 1. The van der Waals surface area contributed by atoms with Crippen molar-refractivity contribution in [2.75, 3.05) is 24.2 Å². The number of hydrogen-bond acceptors (Lipinski definition) is 5. The van der Waals surface area contributed by atoms with Gasteiger partial charge in [0.05, 0.1) is 12.0 Å². The maximum absolute atomic E-state index is 12.8. The summed E-state index contributed by atoms with van der Waals surface area (Å²) in [5, 5.41) is 13.7. The monoisotopic (exact) mass is 451 g/mol. The fraction of sp³-hybridized carbons (Fsp3) is 0.520. The van der Waals surface area contributed by atoms with Crippen LogP contribution in [0.5, 0.6) is 0 Å². The number of nitrogens with one attached hydrogen (secondary N) is 1. The topological polar surface area (TPSA) is 56.1 Å². The van der Waals surface area contributed by atoms with Crippen molar-refractivity contribution in [2.24, 2.45) is 5.92 Å². The standard InChI is InChI=1S/C25H29N3OS2/c26-14-20-21-16-28(15-17-4-2-1-3-5-17)10-8-23(21)31-25(20)27-24(29)13-18-6-7-22-19(12-18)9-11-30-22/h6-7,12,17H,1-5,8-11,13,15-16H2,(H,27,29). The predicted octanol–water partition coefficient (Wildman–Crippen LogP) is 5.39. The van der Waals surface area contributed by atoms with E-state index in [0.29, 0.717) is 12.0 Å². The van der Waals surface area contributed by atoms with Crippen molar-refractivity contribution in [3.63, 3.8) is 0 Å². The Morgan fingerprint density at radius 2 is 2.10 bits per heavy atom. The van der Waals surface area contributed by atoms with Gasteiger partial charge >= 0.3 is 0 Å². The lowest BCUT2D eigenvalue weighted by molar-refractivity contribution is -0.115. The minimum atomic E-state index is -0.0280. The molecule has 5 rings (SSSR count). The van der Waals surface area contributed by atoms with Crippen LogP contribution in [0.2, 0.25) is 0 Å². The molecule has 31 heavy (non-hydrogen) atoms. The Labute approximate surface area is 193 Å². The van der Waals surface area contributed by atoms with Gasteiger partial charge < -0.3 is 5.32 Å². The quantitative estimate of drug-likeness (QED) is 0.662. The number of amides is 1. The Morgan fingerprint density at radius 1 is 1.23 bits per heavy atom. The summed E-state index contributed by atoms with van der Waals surface area (Å²) in [7, 11) is 0. The van der Waals surface area contributed by atoms with Crippen molar-refractivity contribution < 1.29 is 4.79 Å². The van der Waals surface area contributed by atoms with Gasteiger partial charge in [0.15, 0.2) is 0 Å². The Morgan fingerprint density at radius 3 is 2.94 bits per heavy atom. The fourth-order valence-electron chi connectivity index (χ4n) is 5.25. The van der Waals surface area contributed by atoms with Gasteiger partial charge in [-0.15, -0.1) is 23.1 Å². The number of aryl methyl sites for hydroxylation is 1. The maximum atomic E-state index is 12.8. The van der Waals surface area contributed by atoms with Crippen molar-refractivity contribution >= 4 is 34.0 Å². The second-order valence-electron chi connectivity index (χ2n) is 9.07. The van der Waals surface area contributed by atoms with Gasteiger partial charge in [-0.05, 0) is 48.8 Å². The van der Waals surface area contributed by atoms with Crippen molar-refractivity contribution in [1.82, 2.24) is 4.90 Å². The highest BCUT2D eigenvalue weighted by molar-refractivity contribution is 7.99. The molecule has 3 heterocycles. The Bertz CT molecular complexity index is 1020. The van der Waals surface area contributed by atoms with E-state index in [2.05, 4.69) is 34.5 Å². The normalized spacial score (nSPS) is 18.9. The lowest BCUT2D eigenvalue weighted by atomic mass is 9.88. The molecule has 4 nitrogen and oxygen atoms in total. The van der Waals surface area contributed by atoms with Gasteiger partial charge in [-0.25, -0.2) is 0 Å². The molecule has 0 spiro atoms. The van der Waals surface area contributed by atoms with Crippen LogP contribution in [0.3, 0.4) is 0 Å². The van der Waals surface area contributed by atoms with E-state index in [9.17, 15) is 10.1 Å². The molecule has 1 amide bonds. The number of thioether (sulfide) groups is 1. The molecular weight excluding hydrogens is 422 g/mol. The first-order valence-corrected chi connectivity index (χ1v) is 13.3. The molecule has 1 aromatic carbocycles. The van der Waals surface area contributed by atoms with E-state index < -0.39 is 0 Å². The molecule has 0 radical (unpaired) electrons. The Hall–Kier alpha value is -1.81. The molecule has 0 atom stereocenters. The Kier molecular flexibility index (Phi) is 6.36. The second-order valence-corrected chi connectivity index (χ2v) is 11.3. The zero-order chi connectivity index (χ0) is 21.2. The van der Waals surface area contributed by atoms with Crippen molar-refractivity contribution in [2.45, 2.75) is 62.8 Å². The van der Waals surface area contributed by atoms with Gasteiger partial charge in [-0.2, -0.15) is 5.26 Å². The van der Waals surface area contributed by atoms with E-state index in [0.717, 1.165) is 60.3 Å². The van der Waals surface area contributed by atoms with Gasteiger partial charge in [0.2, 0.25) is 5.91 Å². The molecule has 162 valence electrons. The number of nitrogens with zero attached hydrogens (tertiary/aromatic N) is 2. The largest absolute Gasteiger partial charge is 0.316 e. The molecule has 1 fully saturated rings. The summed E-state index contributed by atoms with van der Waals surface area (Å²) in [5.41, 5.74) is 4.25. The highest BCUT2D eigenvalue weighted by Crippen LogP contribution is 2.38. The number of thiophene rings is 1. The van der Waals surface area contributed by atoms with Crippen LogP contribution in [0.25, 0.3) is 0 Å². The molecule has 1 aromatic heterocycles. The third-order valence-electron chi connectivity index (χ3n) is 6.85. The molecule has 6 heteroatoms. The van der Waals surface area contributed by atoms with Gasteiger partial charge in [-0.1, -0.05) is 31.4 Å². The van der Waals surface area contributed by atoms with Crippen LogP contribution in [-0.4, -0.2) is 29.6 Å². The zero-order valence-electron chi connectivity index (χ0n) is 17.9. The summed E-state index contributed by atoms with van der Waals surface area (Å²) in [6.07, 6.45) is 9.25. The number of nitriles is 1. The molecule has 0 unspecified atom stereocenters. The van der Waals surface area contributed by atoms with Crippen molar-refractivity contribution in [1.29, 1.82) is 5.26 Å². The molecular formula is C25H29N3OS2. The summed E-state index contributed by atoms with van der Waals surface area (Å²) in [4.78, 5) is 17.9. The Balaban J connectivity index is 1.25. The molecule has 1 saturated carbocycles. The minimum absolute atomic E-state index is 0.0280. The maximum Gasteiger partial charge on any atom is 0.229 e. The number of anilines is 1. The molecule has 2 aliphatic heterocycles. The van der Waals surface area contributed by atoms with E-state index in [-0.39, 0.29) is 5.91 Å². The smallest absolute Gasteiger partial charge is 0.229 e. The third-order valence-corrected chi connectivity index (χ3v) is 9.18. The minimum Gasteiger partial charge on any atom is -0.316 e. The first-order chi connectivity index (χ1) is 15.2. The third kappa shape index (κ3) is 4.69. The van der Waals surface area contributed by atoms with Crippen molar-refractivity contribution in [3.8, 4) is 6.07 Å². The van der Waals surface area contributed by atoms with Crippen LogP contribution in [0.1, 0.15) is 59.2 Å². The van der Waals surface area contributed by atoms with Crippen LogP contribution in [0.4, 0.5) is 5.00 Å². The SMILES string of the molecule is N#Cc1c(NC(=O)Cc2ccc3c(c2)CCS3)sc2c1CN(CC1CCCCC1)CC2. The summed E-state index contributed by atoms with van der Waals surface area (Å²) in [6, 6.07) is 8.77. The van der Waals surface area contributed by atoms with E-state index in [1.54, 1.807) is 11.3 Å². The summed E-state index contributed by atoms with van der Waals surface area (Å²) < 4.78 is 0. The summed E-state index contributed by atoms with van der Waals surface area (Å²) in [5.74, 6) is 1.92. The first kappa shape index (κ1) is 21.1. The van der Waals surface area contributed by atoms with Gasteiger partial charge in [0.25, 0.3) is 0 Å². The highest BCUT2D eigenvalue weighted by Gasteiger charge is 2.27. The average molecular weight is 452 g/mol. The lowest BCUT2D eigenvalue weighted by Gasteiger charge is -2.32. The zero-order valence-corrected chi connectivity index (χ0v) is 19.5. The molecule has 2 aromatic rings.